The summed E-state index contributed by atoms with van der Waals surface area (Å²) in [4.78, 5) is 38.4. The van der Waals surface area contributed by atoms with Gasteiger partial charge < -0.3 is 19.5 Å². The number of rotatable bonds is 8. The van der Waals surface area contributed by atoms with Crippen molar-refractivity contribution in [2.45, 2.75) is 40.8 Å². The molecule has 166 valence electrons. The van der Waals surface area contributed by atoms with Gasteiger partial charge >= 0.3 is 5.97 Å². The smallest absolute Gasteiger partial charge is 0.340 e. The van der Waals surface area contributed by atoms with E-state index in [0.717, 1.165) is 23.5 Å². The zero-order valence-electron chi connectivity index (χ0n) is 19.1. The van der Waals surface area contributed by atoms with Gasteiger partial charge in [0.2, 0.25) is 5.91 Å². The first kappa shape index (κ1) is 23.9. The van der Waals surface area contributed by atoms with Crippen LogP contribution in [-0.2, 0) is 22.6 Å². The minimum Gasteiger partial charge on any atom is -0.462 e. The Hall–Kier alpha value is -3.35. The van der Waals surface area contributed by atoms with Crippen molar-refractivity contribution in [2.24, 2.45) is 0 Å². The molecule has 1 aromatic heterocycles. The molecule has 2 amide bonds. The zero-order valence-corrected chi connectivity index (χ0v) is 19.1. The van der Waals surface area contributed by atoms with Crippen LogP contribution in [0.15, 0.2) is 30.3 Å². The summed E-state index contributed by atoms with van der Waals surface area (Å²) < 4.78 is 7.26. The average Bonchev–Trinajstić information content (AvgIpc) is 3.00. The van der Waals surface area contributed by atoms with E-state index in [1.165, 1.54) is 6.08 Å². The van der Waals surface area contributed by atoms with Gasteiger partial charge in [0.1, 0.15) is 0 Å². The van der Waals surface area contributed by atoms with Gasteiger partial charge in [0.05, 0.1) is 12.2 Å². The molecular formula is C24H31N3O4. The highest BCUT2D eigenvalue weighted by Gasteiger charge is 2.22. The Kier molecular flexibility index (Phi) is 8.19. The summed E-state index contributed by atoms with van der Waals surface area (Å²) in [5.41, 5.74) is 4.42. The first-order valence-electron chi connectivity index (χ1n) is 10.4. The van der Waals surface area contributed by atoms with Gasteiger partial charge in [0.25, 0.3) is 5.91 Å². The maximum atomic E-state index is 12.7. The lowest BCUT2D eigenvalue weighted by Gasteiger charge is -2.15. The number of hydrogen-bond acceptors (Lipinski definition) is 4. The maximum absolute atomic E-state index is 12.7. The monoisotopic (exact) mass is 425 g/mol. The number of hydrogen-bond donors (Lipinski definition) is 1. The third kappa shape index (κ3) is 5.42. The Balaban J connectivity index is 2.20. The van der Waals surface area contributed by atoms with Crippen LogP contribution in [0.5, 0.6) is 0 Å². The number of esters is 1. The molecule has 0 atom stereocenters. The van der Waals surface area contributed by atoms with Gasteiger partial charge in [-0.2, -0.15) is 0 Å². The number of carbonyl (C=O) groups is 3. The van der Waals surface area contributed by atoms with Gasteiger partial charge in [-0.25, -0.2) is 4.79 Å². The van der Waals surface area contributed by atoms with E-state index in [1.54, 1.807) is 44.1 Å². The molecule has 0 aliphatic carbocycles. The van der Waals surface area contributed by atoms with Gasteiger partial charge in [-0.05, 0) is 51.5 Å². The highest BCUT2D eigenvalue weighted by Crippen LogP contribution is 2.25. The number of likely N-dealkylation sites (N-methyl/N-ethyl adjacent to an activating group) is 1. The highest BCUT2D eigenvalue weighted by atomic mass is 16.5. The summed E-state index contributed by atoms with van der Waals surface area (Å²) >= 11 is 0. The number of ether oxygens (including phenoxy) is 1. The van der Waals surface area contributed by atoms with E-state index < -0.39 is 0 Å². The second-order valence-corrected chi connectivity index (χ2v) is 7.23. The Morgan fingerprint density at radius 3 is 2.29 bits per heavy atom. The van der Waals surface area contributed by atoms with Crippen molar-refractivity contribution >= 4 is 23.9 Å². The minimum absolute atomic E-state index is 0.152. The molecule has 1 aromatic carbocycles. The first-order chi connectivity index (χ1) is 14.7. The second-order valence-electron chi connectivity index (χ2n) is 7.23. The largest absolute Gasteiger partial charge is 0.462 e. The molecule has 1 N–H and O–H groups in total. The van der Waals surface area contributed by atoms with Crippen LogP contribution < -0.4 is 5.32 Å². The Morgan fingerprint density at radius 1 is 1.10 bits per heavy atom. The van der Waals surface area contributed by atoms with Crippen molar-refractivity contribution in [3.8, 4) is 0 Å². The summed E-state index contributed by atoms with van der Waals surface area (Å²) in [6, 6.07) is 7.11. The molecule has 0 fully saturated rings. The van der Waals surface area contributed by atoms with Crippen molar-refractivity contribution in [1.29, 1.82) is 0 Å². The van der Waals surface area contributed by atoms with Crippen LogP contribution in [0.2, 0.25) is 0 Å². The molecule has 31 heavy (non-hydrogen) atoms. The molecule has 0 bridgehead atoms. The van der Waals surface area contributed by atoms with Gasteiger partial charge in [-0.15, -0.1) is 0 Å². The number of benzene rings is 1. The van der Waals surface area contributed by atoms with Crippen LogP contribution in [0.25, 0.3) is 6.08 Å². The van der Waals surface area contributed by atoms with Gasteiger partial charge in [0, 0.05) is 55.8 Å². The summed E-state index contributed by atoms with van der Waals surface area (Å²) in [6.45, 7) is 9.01. The third-order valence-corrected chi connectivity index (χ3v) is 5.26. The number of nitrogens with one attached hydrogen (secondary N) is 1. The van der Waals surface area contributed by atoms with Crippen LogP contribution >= 0.6 is 0 Å². The van der Waals surface area contributed by atoms with E-state index in [2.05, 4.69) is 5.32 Å². The normalized spacial score (nSPS) is 10.9. The molecule has 7 heteroatoms. The van der Waals surface area contributed by atoms with Gasteiger partial charge in [0.15, 0.2) is 0 Å². The molecule has 0 unspecified atom stereocenters. The molecule has 1 heterocycles. The molecule has 0 aliphatic heterocycles. The average molecular weight is 426 g/mol. The number of aromatic nitrogens is 1. The molecule has 0 radical (unpaired) electrons. The van der Waals surface area contributed by atoms with E-state index in [0.29, 0.717) is 23.2 Å². The van der Waals surface area contributed by atoms with E-state index >= 15 is 0 Å². The van der Waals surface area contributed by atoms with E-state index in [-0.39, 0.29) is 24.4 Å². The Morgan fingerprint density at radius 2 is 1.74 bits per heavy atom. The predicted molar refractivity (Wildman–Crippen MR) is 121 cm³/mol. The molecule has 0 aliphatic rings. The van der Waals surface area contributed by atoms with E-state index in [9.17, 15) is 14.4 Å². The molecule has 2 aromatic rings. The van der Waals surface area contributed by atoms with Crippen LogP contribution in [0.4, 0.5) is 0 Å². The summed E-state index contributed by atoms with van der Waals surface area (Å²) in [7, 11) is 3.29. The van der Waals surface area contributed by atoms with Crippen LogP contribution in [0.3, 0.4) is 0 Å². The van der Waals surface area contributed by atoms with Crippen molar-refractivity contribution < 1.29 is 19.1 Å². The first-order valence-corrected chi connectivity index (χ1v) is 10.4. The van der Waals surface area contributed by atoms with Gasteiger partial charge in [-0.3, -0.25) is 9.59 Å². The standard InChI is InChI=1S/C24H31N3O4/c1-7-27-16(3)20(22(17(27)4)24(30)31-8-2)13-14-21(28)26(6)15-18-9-11-19(12-10-18)23(29)25-5/h9-14H,7-8,15H2,1-6H3,(H,25,29)/b14-13+. The lowest BCUT2D eigenvalue weighted by Crippen LogP contribution is -2.24. The van der Waals surface area contributed by atoms with Gasteiger partial charge in [-0.1, -0.05) is 12.1 Å². The quantitative estimate of drug-likeness (QED) is 0.520. The third-order valence-electron chi connectivity index (χ3n) is 5.26. The second kappa shape index (κ2) is 10.6. The molecule has 0 saturated heterocycles. The fourth-order valence-corrected chi connectivity index (χ4v) is 3.59. The van der Waals surface area contributed by atoms with Crippen molar-refractivity contribution in [1.82, 2.24) is 14.8 Å². The number of nitrogens with zero attached hydrogens (tertiary/aromatic N) is 2. The SMILES string of the molecule is CCOC(=O)c1c(/C=C/C(=O)N(C)Cc2ccc(C(=O)NC)cc2)c(C)n(CC)c1C. The van der Waals surface area contributed by atoms with Crippen molar-refractivity contribution in [2.75, 3.05) is 20.7 Å². The molecule has 0 spiro atoms. The lowest BCUT2D eigenvalue weighted by molar-refractivity contribution is -0.125. The fourth-order valence-electron chi connectivity index (χ4n) is 3.59. The van der Waals surface area contributed by atoms with Crippen molar-refractivity contribution in [3.63, 3.8) is 0 Å². The molecule has 2 rings (SSSR count). The summed E-state index contributed by atoms with van der Waals surface area (Å²) in [5, 5.41) is 2.58. The number of amides is 2. The molecule has 7 nitrogen and oxygen atoms in total. The van der Waals surface area contributed by atoms with Crippen LogP contribution in [0.1, 0.15) is 57.1 Å². The molecule has 0 saturated carbocycles. The Bertz CT molecular complexity index is 987. The van der Waals surface area contributed by atoms with Crippen molar-refractivity contribution in [3.05, 3.63) is 64.0 Å². The predicted octanol–water partition coefficient (Wildman–Crippen LogP) is 3.33. The lowest BCUT2D eigenvalue weighted by atomic mass is 10.1. The number of carbonyl (C=O) groups excluding carboxylic acids is 3. The van der Waals surface area contributed by atoms with E-state index in [1.807, 2.05) is 37.5 Å². The maximum Gasteiger partial charge on any atom is 0.340 e. The topological polar surface area (TPSA) is 80.6 Å². The van der Waals surface area contributed by atoms with Crippen LogP contribution in [0, 0.1) is 13.8 Å². The summed E-state index contributed by atoms with van der Waals surface area (Å²) in [6.07, 6.45) is 3.16. The fraction of sp³-hybridized carbons (Fsp3) is 0.375. The van der Waals surface area contributed by atoms with E-state index in [4.69, 9.17) is 4.74 Å². The Labute approximate surface area is 183 Å². The minimum atomic E-state index is -0.382. The summed E-state index contributed by atoms with van der Waals surface area (Å²) in [5.74, 6) is -0.723. The zero-order chi connectivity index (χ0) is 23.1. The highest BCUT2D eigenvalue weighted by molar-refractivity contribution is 5.99. The van der Waals surface area contributed by atoms with Crippen LogP contribution in [-0.4, -0.2) is 48.0 Å². The molecular weight excluding hydrogens is 394 g/mol.